The molecular formula is C48H30N4O. The summed E-state index contributed by atoms with van der Waals surface area (Å²) in [6.45, 7) is 0. The molecule has 0 bridgehead atoms. The monoisotopic (exact) mass is 678 g/mol. The van der Waals surface area contributed by atoms with Crippen LogP contribution < -0.4 is 0 Å². The Morgan fingerprint density at radius 2 is 0.811 bits per heavy atom. The van der Waals surface area contributed by atoms with Crippen LogP contribution >= 0.6 is 0 Å². The molecule has 0 amide bonds. The Kier molecular flexibility index (Phi) is 7.40. The fraction of sp³-hybridized carbons (Fsp3) is 0. The Labute approximate surface area is 305 Å². The van der Waals surface area contributed by atoms with Gasteiger partial charge in [-0.25, -0.2) is 19.9 Å². The van der Waals surface area contributed by atoms with Crippen LogP contribution in [0.25, 0.3) is 101 Å². The lowest BCUT2D eigenvalue weighted by atomic mass is 9.93. The number of hydrogen-bond acceptors (Lipinski definition) is 5. The standard InChI is InChI=1S/C48H30N4O/c1-4-15-31(16-5-1)39-30-41(49-40-26-11-10-23-37(39)40)38-25-14-28-43-45(38)44-36(24-13-27-42(44)53-43)34-21-12-22-35(29-34)48-51-46(32-17-6-2-7-18-32)50-47(52-48)33-19-8-3-9-20-33/h1-30H. The lowest BCUT2D eigenvalue weighted by Crippen LogP contribution is -2.00. The van der Waals surface area contributed by atoms with Crippen molar-refractivity contribution in [2.24, 2.45) is 0 Å². The first-order valence-electron chi connectivity index (χ1n) is 17.6. The van der Waals surface area contributed by atoms with E-state index in [0.717, 1.165) is 83.0 Å². The summed E-state index contributed by atoms with van der Waals surface area (Å²) >= 11 is 0. The van der Waals surface area contributed by atoms with E-state index in [2.05, 4.69) is 97.1 Å². The third-order valence-electron chi connectivity index (χ3n) is 9.73. The van der Waals surface area contributed by atoms with E-state index in [0.29, 0.717) is 17.5 Å². The lowest BCUT2D eigenvalue weighted by molar-refractivity contribution is 0.669. The smallest absolute Gasteiger partial charge is 0.164 e. The van der Waals surface area contributed by atoms with Gasteiger partial charge in [-0.05, 0) is 52.6 Å². The third kappa shape index (κ3) is 5.52. The lowest BCUT2D eigenvalue weighted by Gasteiger charge is -2.12. The van der Waals surface area contributed by atoms with E-state index in [1.807, 2.05) is 84.9 Å². The molecule has 0 unspecified atom stereocenters. The van der Waals surface area contributed by atoms with Crippen LogP contribution in [-0.2, 0) is 0 Å². The van der Waals surface area contributed by atoms with Crippen LogP contribution in [0.5, 0.6) is 0 Å². The van der Waals surface area contributed by atoms with Gasteiger partial charge in [0.15, 0.2) is 17.5 Å². The second-order valence-corrected chi connectivity index (χ2v) is 13.0. The summed E-state index contributed by atoms with van der Waals surface area (Å²) in [6.07, 6.45) is 0. The summed E-state index contributed by atoms with van der Waals surface area (Å²) in [6, 6.07) is 62.1. The average Bonchev–Trinajstić information content (AvgIpc) is 3.63. The molecule has 0 fully saturated rings. The largest absolute Gasteiger partial charge is 0.456 e. The highest BCUT2D eigenvalue weighted by atomic mass is 16.3. The highest BCUT2D eigenvalue weighted by Crippen LogP contribution is 2.43. The topological polar surface area (TPSA) is 64.7 Å². The van der Waals surface area contributed by atoms with Crippen LogP contribution in [0.3, 0.4) is 0 Å². The minimum absolute atomic E-state index is 0.610. The van der Waals surface area contributed by atoms with Crippen LogP contribution in [0.15, 0.2) is 186 Å². The van der Waals surface area contributed by atoms with Gasteiger partial charge in [0, 0.05) is 38.4 Å². The minimum Gasteiger partial charge on any atom is -0.456 e. The van der Waals surface area contributed by atoms with Gasteiger partial charge in [-0.1, -0.05) is 152 Å². The van der Waals surface area contributed by atoms with Gasteiger partial charge < -0.3 is 4.42 Å². The Hall–Kier alpha value is -7.24. The summed E-state index contributed by atoms with van der Waals surface area (Å²) in [5.74, 6) is 1.87. The zero-order chi connectivity index (χ0) is 35.1. The zero-order valence-corrected chi connectivity index (χ0v) is 28.5. The molecule has 0 N–H and O–H groups in total. The van der Waals surface area contributed by atoms with E-state index in [4.69, 9.17) is 24.4 Å². The second kappa shape index (κ2) is 12.8. The first-order valence-corrected chi connectivity index (χ1v) is 17.6. The second-order valence-electron chi connectivity index (χ2n) is 13.0. The number of pyridine rings is 1. The van der Waals surface area contributed by atoms with Crippen molar-refractivity contribution in [2.45, 2.75) is 0 Å². The highest BCUT2D eigenvalue weighted by molar-refractivity contribution is 6.18. The van der Waals surface area contributed by atoms with Gasteiger partial charge in [-0.3, -0.25) is 0 Å². The quantitative estimate of drug-likeness (QED) is 0.175. The molecular weight excluding hydrogens is 649 g/mol. The van der Waals surface area contributed by atoms with Crippen LogP contribution in [0.1, 0.15) is 0 Å². The molecule has 248 valence electrons. The molecule has 0 radical (unpaired) electrons. The van der Waals surface area contributed by atoms with Gasteiger partial charge in [-0.2, -0.15) is 0 Å². The number of rotatable bonds is 6. The first-order chi connectivity index (χ1) is 26.3. The van der Waals surface area contributed by atoms with Crippen molar-refractivity contribution in [3.63, 3.8) is 0 Å². The van der Waals surface area contributed by atoms with E-state index >= 15 is 0 Å². The predicted octanol–water partition coefficient (Wildman–Crippen LogP) is 12.3. The Morgan fingerprint density at radius 3 is 1.47 bits per heavy atom. The number of benzene rings is 7. The van der Waals surface area contributed by atoms with Crippen molar-refractivity contribution in [3.05, 3.63) is 182 Å². The predicted molar refractivity (Wildman–Crippen MR) is 215 cm³/mol. The number of fused-ring (bicyclic) bond motifs is 4. The molecule has 0 aliphatic carbocycles. The molecule has 0 atom stereocenters. The van der Waals surface area contributed by atoms with Crippen LogP contribution in [0.2, 0.25) is 0 Å². The van der Waals surface area contributed by atoms with Gasteiger partial charge in [0.25, 0.3) is 0 Å². The van der Waals surface area contributed by atoms with Crippen LogP contribution in [-0.4, -0.2) is 19.9 Å². The molecule has 7 aromatic carbocycles. The van der Waals surface area contributed by atoms with Crippen molar-refractivity contribution < 1.29 is 4.42 Å². The molecule has 0 saturated heterocycles. The number of hydrogen-bond donors (Lipinski definition) is 0. The van der Waals surface area contributed by atoms with Crippen LogP contribution in [0, 0.1) is 0 Å². The van der Waals surface area contributed by atoms with Crippen molar-refractivity contribution in [1.82, 2.24) is 19.9 Å². The summed E-state index contributed by atoms with van der Waals surface area (Å²) in [5, 5.41) is 3.19. The Morgan fingerprint density at radius 1 is 0.321 bits per heavy atom. The summed E-state index contributed by atoms with van der Waals surface area (Å²) < 4.78 is 6.56. The van der Waals surface area contributed by atoms with Gasteiger partial charge in [-0.15, -0.1) is 0 Å². The molecule has 0 saturated carbocycles. The van der Waals surface area contributed by atoms with E-state index < -0.39 is 0 Å². The van der Waals surface area contributed by atoms with Crippen molar-refractivity contribution >= 4 is 32.8 Å². The summed E-state index contributed by atoms with van der Waals surface area (Å²) in [5.41, 5.74) is 11.6. The van der Waals surface area contributed by atoms with Gasteiger partial charge in [0.1, 0.15) is 11.2 Å². The SMILES string of the molecule is c1ccc(-c2nc(-c3ccccc3)nc(-c3cccc(-c4cccc5oc6cccc(-c7cc(-c8ccccc8)c8ccccc8n7)c6c45)c3)n2)cc1. The Balaban J connectivity index is 1.16. The minimum atomic E-state index is 0.610. The number of aromatic nitrogens is 4. The summed E-state index contributed by atoms with van der Waals surface area (Å²) in [7, 11) is 0. The molecule has 0 aliphatic heterocycles. The fourth-order valence-corrected chi connectivity index (χ4v) is 7.25. The van der Waals surface area contributed by atoms with Gasteiger partial charge in [0.2, 0.25) is 0 Å². The molecule has 5 heteroatoms. The fourth-order valence-electron chi connectivity index (χ4n) is 7.25. The maximum Gasteiger partial charge on any atom is 0.164 e. The van der Waals surface area contributed by atoms with Crippen LogP contribution in [0.4, 0.5) is 0 Å². The number of furan rings is 1. The van der Waals surface area contributed by atoms with E-state index in [1.165, 1.54) is 0 Å². The summed E-state index contributed by atoms with van der Waals surface area (Å²) in [4.78, 5) is 20.1. The van der Waals surface area contributed by atoms with E-state index in [-0.39, 0.29) is 0 Å². The maximum absolute atomic E-state index is 6.56. The normalized spacial score (nSPS) is 11.4. The third-order valence-corrected chi connectivity index (χ3v) is 9.73. The van der Waals surface area contributed by atoms with Crippen molar-refractivity contribution in [1.29, 1.82) is 0 Å². The number of para-hydroxylation sites is 1. The molecule has 3 aromatic heterocycles. The van der Waals surface area contributed by atoms with Gasteiger partial charge in [0.05, 0.1) is 11.2 Å². The molecule has 3 heterocycles. The molecule has 10 rings (SSSR count). The van der Waals surface area contributed by atoms with Crippen molar-refractivity contribution in [3.8, 4) is 67.7 Å². The molecule has 10 aromatic rings. The first kappa shape index (κ1) is 30.6. The van der Waals surface area contributed by atoms with E-state index in [1.54, 1.807) is 0 Å². The van der Waals surface area contributed by atoms with Crippen molar-refractivity contribution in [2.75, 3.05) is 0 Å². The average molecular weight is 679 g/mol. The van der Waals surface area contributed by atoms with E-state index in [9.17, 15) is 0 Å². The zero-order valence-electron chi connectivity index (χ0n) is 28.5. The maximum atomic E-state index is 6.56. The molecule has 0 spiro atoms. The molecule has 53 heavy (non-hydrogen) atoms. The molecule has 0 aliphatic rings. The Bertz CT molecular complexity index is 2880. The highest BCUT2D eigenvalue weighted by Gasteiger charge is 2.20. The number of nitrogens with zero attached hydrogens (tertiary/aromatic N) is 4. The molecule has 5 nitrogen and oxygen atoms in total. The van der Waals surface area contributed by atoms with Gasteiger partial charge >= 0.3 is 0 Å².